The minimum absolute atomic E-state index is 0.241. The first-order chi connectivity index (χ1) is 8.58. The molecule has 92 valence electrons. The SMILES string of the molecule is Cc1c(N)cccc1C(=O)Nc1ccc(Cl)cn1. The number of amides is 1. The number of halogens is 1. The van der Waals surface area contributed by atoms with Crippen molar-refractivity contribution < 1.29 is 4.79 Å². The number of benzene rings is 1. The van der Waals surface area contributed by atoms with Gasteiger partial charge in [-0.3, -0.25) is 4.79 Å². The zero-order valence-corrected chi connectivity index (χ0v) is 10.5. The van der Waals surface area contributed by atoms with Crippen molar-refractivity contribution in [3.63, 3.8) is 0 Å². The number of nitrogens with two attached hydrogens (primary N) is 1. The fourth-order valence-electron chi connectivity index (χ4n) is 1.53. The van der Waals surface area contributed by atoms with Crippen LogP contribution in [0.2, 0.25) is 5.02 Å². The van der Waals surface area contributed by atoms with Gasteiger partial charge in [-0.15, -0.1) is 0 Å². The molecule has 0 aliphatic rings. The number of carbonyl (C=O) groups is 1. The molecule has 0 saturated carbocycles. The van der Waals surface area contributed by atoms with Crippen molar-refractivity contribution in [2.75, 3.05) is 11.1 Å². The first-order valence-electron chi connectivity index (χ1n) is 5.36. The van der Waals surface area contributed by atoms with E-state index in [4.69, 9.17) is 17.3 Å². The van der Waals surface area contributed by atoms with Gasteiger partial charge in [0.05, 0.1) is 5.02 Å². The minimum Gasteiger partial charge on any atom is -0.398 e. The summed E-state index contributed by atoms with van der Waals surface area (Å²) in [7, 11) is 0. The van der Waals surface area contributed by atoms with Crippen molar-refractivity contribution in [1.29, 1.82) is 0 Å². The van der Waals surface area contributed by atoms with Crippen LogP contribution in [-0.2, 0) is 0 Å². The van der Waals surface area contributed by atoms with Gasteiger partial charge in [0.1, 0.15) is 5.82 Å². The molecule has 5 heteroatoms. The summed E-state index contributed by atoms with van der Waals surface area (Å²) in [5, 5.41) is 3.21. The van der Waals surface area contributed by atoms with Crippen LogP contribution in [0.15, 0.2) is 36.5 Å². The van der Waals surface area contributed by atoms with Crippen molar-refractivity contribution in [3.05, 3.63) is 52.7 Å². The molecule has 0 fully saturated rings. The molecule has 0 atom stereocenters. The van der Waals surface area contributed by atoms with Gasteiger partial charge in [0.2, 0.25) is 0 Å². The zero-order valence-electron chi connectivity index (χ0n) is 9.77. The Hall–Kier alpha value is -2.07. The highest BCUT2D eigenvalue weighted by atomic mass is 35.5. The molecule has 0 bridgehead atoms. The normalized spacial score (nSPS) is 10.1. The summed E-state index contributed by atoms with van der Waals surface area (Å²) in [6.07, 6.45) is 1.48. The molecular weight excluding hydrogens is 250 g/mol. The van der Waals surface area contributed by atoms with E-state index in [0.717, 1.165) is 5.56 Å². The average molecular weight is 262 g/mol. The van der Waals surface area contributed by atoms with E-state index in [1.54, 1.807) is 37.3 Å². The Morgan fingerprint density at radius 1 is 1.33 bits per heavy atom. The van der Waals surface area contributed by atoms with Crippen molar-refractivity contribution in [1.82, 2.24) is 4.98 Å². The van der Waals surface area contributed by atoms with Gasteiger partial charge in [0, 0.05) is 17.4 Å². The number of nitrogens with zero attached hydrogens (tertiary/aromatic N) is 1. The highest BCUT2D eigenvalue weighted by molar-refractivity contribution is 6.30. The van der Waals surface area contributed by atoms with Crippen LogP contribution in [0.1, 0.15) is 15.9 Å². The predicted molar refractivity (Wildman–Crippen MR) is 72.8 cm³/mol. The summed E-state index contributed by atoms with van der Waals surface area (Å²) in [6.45, 7) is 1.81. The van der Waals surface area contributed by atoms with Gasteiger partial charge in [0.15, 0.2) is 0 Å². The van der Waals surface area contributed by atoms with Crippen LogP contribution in [0, 0.1) is 6.92 Å². The zero-order chi connectivity index (χ0) is 13.1. The van der Waals surface area contributed by atoms with Gasteiger partial charge in [-0.2, -0.15) is 0 Å². The largest absolute Gasteiger partial charge is 0.398 e. The summed E-state index contributed by atoms with van der Waals surface area (Å²) in [6, 6.07) is 8.52. The molecule has 18 heavy (non-hydrogen) atoms. The van der Waals surface area contributed by atoms with Crippen molar-refractivity contribution in [2.45, 2.75) is 6.92 Å². The number of rotatable bonds is 2. The number of anilines is 2. The first kappa shape index (κ1) is 12.4. The van der Waals surface area contributed by atoms with Crippen LogP contribution < -0.4 is 11.1 Å². The number of pyridine rings is 1. The topological polar surface area (TPSA) is 68.0 Å². The number of nitrogens with one attached hydrogen (secondary N) is 1. The molecule has 0 radical (unpaired) electrons. The summed E-state index contributed by atoms with van der Waals surface area (Å²) in [5.41, 5.74) is 7.64. The highest BCUT2D eigenvalue weighted by Gasteiger charge is 2.11. The maximum absolute atomic E-state index is 12.0. The number of nitrogen functional groups attached to an aromatic ring is 1. The molecule has 1 aromatic carbocycles. The Bertz CT molecular complexity index is 581. The number of carbonyl (C=O) groups excluding carboxylic acids is 1. The van der Waals surface area contributed by atoms with Crippen LogP contribution >= 0.6 is 11.6 Å². The Morgan fingerprint density at radius 3 is 2.78 bits per heavy atom. The predicted octanol–water partition coefficient (Wildman–Crippen LogP) is 2.88. The molecule has 1 aromatic heterocycles. The second-order valence-corrected chi connectivity index (χ2v) is 4.27. The molecule has 0 unspecified atom stereocenters. The van der Waals surface area contributed by atoms with Crippen LogP contribution in [-0.4, -0.2) is 10.9 Å². The summed E-state index contributed by atoms with van der Waals surface area (Å²) in [4.78, 5) is 16.0. The molecule has 4 nitrogen and oxygen atoms in total. The molecule has 0 spiro atoms. The van der Waals surface area contributed by atoms with E-state index < -0.39 is 0 Å². The first-order valence-corrected chi connectivity index (χ1v) is 5.73. The van der Waals surface area contributed by atoms with Gasteiger partial charge in [-0.05, 0) is 36.8 Å². The van der Waals surface area contributed by atoms with Crippen molar-refractivity contribution in [3.8, 4) is 0 Å². The van der Waals surface area contributed by atoms with E-state index in [-0.39, 0.29) is 5.91 Å². The standard InChI is InChI=1S/C13H12ClN3O/c1-8-10(3-2-4-11(8)15)13(18)17-12-6-5-9(14)7-16-12/h2-7H,15H2,1H3,(H,16,17,18). The van der Waals surface area contributed by atoms with E-state index in [1.807, 2.05) is 0 Å². The molecule has 0 aliphatic carbocycles. The molecule has 1 heterocycles. The Kier molecular flexibility index (Phi) is 3.48. The maximum atomic E-state index is 12.0. The van der Waals surface area contributed by atoms with E-state index in [9.17, 15) is 4.79 Å². The Morgan fingerprint density at radius 2 is 2.11 bits per heavy atom. The van der Waals surface area contributed by atoms with Gasteiger partial charge >= 0.3 is 0 Å². The minimum atomic E-state index is -0.241. The summed E-state index contributed by atoms with van der Waals surface area (Å²) in [5.74, 6) is 0.209. The summed E-state index contributed by atoms with van der Waals surface area (Å²) < 4.78 is 0. The van der Waals surface area contributed by atoms with Crippen molar-refractivity contribution in [2.24, 2.45) is 0 Å². The Labute approximate surface area is 110 Å². The molecule has 2 rings (SSSR count). The fraction of sp³-hybridized carbons (Fsp3) is 0.0769. The van der Waals surface area contributed by atoms with E-state index in [1.165, 1.54) is 6.20 Å². The van der Waals surface area contributed by atoms with Crippen LogP contribution in [0.5, 0.6) is 0 Å². The van der Waals surface area contributed by atoms with Gasteiger partial charge in [-0.25, -0.2) is 4.98 Å². The molecule has 2 aromatic rings. The van der Waals surface area contributed by atoms with E-state index in [0.29, 0.717) is 22.1 Å². The van der Waals surface area contributed by atoms with Gasteiger partial charge in [0.25, 0.3) is 5.91 Å². The fourth-order valence-corrected chi connectivity index (χ4v) is 1.64. The molecular formula is C13H12ClN3O. The van der Waals surface area contributed by atoms with Crippen LogP contribution in [0.25, 0.3) is 0 Å². The van der Waals surface area contributed by atoms with Crippen LogP contribution in [0.3, 0.4) is 0 Å². The lowest BCUT2D eigenvalue weighted by Gasteiger charge is -2.08. The lowest BCUT2D eigenvalue weighted by molar-refractivity contribution is 0.102. The summed E-state index contributed by atoms with van der Waals surface area (Å²) >= 11 is 5.72. The maximum Gasteiger partial charge on any atom is 0.257 e. The smallest absolute Gasteiger partial charge is 0.257 e. The number of hydrogen-bond acceptors (Lipinski definition) is 3. The number of aromatic nitrogens is 1. The number of hydrogen-bond donors (Lipinski definition) is 2. The van der Waals surface area contributed by atoms with Crippen LogP contribution in [0.4, 0.5) is 11.5 Å². The highest BCUT2D eigenvalue weighted by Crippen LogP contribution is 2.17. The monoisotopic (exact) mass is 261 g/mol. The van der Waals surface area contributed by atoms with E-state index >= 15 is 0 Å². The van der Waals surface area contributed by atoms with Gasteiger partial charge in [-0.1, -0.05) is 17.7 Å². The lowest BCUT2D eigenvalue weighted by Crippen LogP contribution is -2.14. The van der Waals surface area contributed by atoms with E-state index in [2.05, 4.69) is 10.3 Å². The molecule has 1 amide bonds. The third-order valence-electron chi connectivity index (χ3n) is 2.59. The molecule has 0 aliphatic heterocycles. The van der Waals surface area contributed by atoms with Gasteiger partial charge < -0.3 is 11.1 Å². The molecule has 3 N–H and O–H groups in total. The second kappa shape index (κ2) is 5.06. The third-order valence-corrected chi connectivity index (χ3v) is 2.81. The molecule has 0 saturated heterocycles. The average Bonchev–Trinajstić information content (AvgIpc) is 2.35. The lowest BCUT2D eigenvalue weighted by atomic mass is 10.1. The second-order valence-electron chi connectivity index (χ2n) is 3.84. The third kappa shape index (κ3) is 2.60. The quantitative estimate of drug-likeness (QED) is 0.817. The Balaban J connectivity index is 2.22. The van der Waals surface area contributed by atoms with Crippen molar-refractivity contribution >= 4 is 29.0 Å².